The minimum atomic E-state index is -0.216. The van der Waals surface area contributed by atoms with E-state index < -0.39 is 0 Å². The Labute approximate surface area is 104 Å². The second-order valence-electron chi connectivity index (χ2n) is 5.99. The molecule has 0 amide bonds. The van der Waals surface area contributed by atoms with Crippen LogP contribution in [0.4, 0.5) is 0 Å². The lowest BCUT2D eigenvalue weighted by Gasteiger charge is -2.27. The maximum atomic E-state index is 6.09. The number of rotatable bonds is 3. The van der Waals surface area contributed by atoms with Gasteiger partial charge in [-0.15, -0.1) is 10.2 Å². The van der Waals surface area contributed by atoms with E-state index in [4.69, 9.17) is 5.73 Å². The van der Waals surface area contributed by atoms with Crippen molar-refractivity contribution in [3.8, 4) is 0 Å². The van der Waals surface area contributed by atoms with Gasteiger partial charge in [0.1, 0.15) is 11.6 Å². The van der Waals surface area contributed by atoms with Crippen LogP contribution in [-0.4, -0.2) is 20.3 Å². The van der Waals surface area contributed by atoms with Gasteiger partial charge in [0, 0.05) is 18.0 Å². The number of hydrogen-bond acceptors (Lipinski definition) is 3. The van der Waals surface area contributed by atoms with Gasteiger partial charge in [-0.2, -0.15) is 0 Å². The zero-order valence-corrected chi connectivity index (χ0v) is 11.2. The Bertz CT molecular complexity index is 369. The molecule has 1 aromatic heterocycles. The molecule has 4 nitrogen and oxygen atoms in total. The van der Waals surface area contributed by atoms with E-state index in [-0.39, 0.29) is 5.54 Å². The molecule has 1 heterocycles. The monoisotopic (exact) mass is 236 g/mol. The Balaban J connectivity index is 2.22. The molecule has 0 unspecified atom stereocenters. The number of hydrogen-bond donors (Lipinski definition) is 1. The van der Waals surface area contributed by atoms with Crippen molar-refractivity contribution in [2.24, 2.45) is 5.73 Å². The molecule has 1 saturated carbocycles. The van der Waals surface area contributed by atoms with Gasteiger partial charge >= 0.3 is 0 Å². The first kappa shape index (κ1) is 12.6. The molecule has 0 atom stereocenters. The fraction of sp³-hybridized carbons (Fsp3) is 0.846. The van der Waals surface area contributed by atoms with Crippen molar-refractivity contribution in [1.82, 2.24) is 14.8 Å². The van der Waals surface area contributed by atoms with Crippen LogP contribution in [0.25, 0.3) is 0 Å². The minimum absolute atomic E-state index is 0.216. The van der Waals surface area contributed by atoms with Crippen LogP contribution in [0.3, 0.4) is 0 Å². The number of nitrogens with zero attached hydrogens (tertiary/aromatic N) is 3. The highest BCUT2D eigenvalue weighted by Gasteiger charge is 2.23. The summed E-state index contributed by atoms with van der Waals surface area (Å²) >= 11 is 0. The van der Waals surface area contributed by atoms with Gasteiger partial charge in [0.2, 0.25) is 0 Å². The number of nitrogens with two attached hydrogens (primary N) is 1. The molecule has 2 N–H and O–H groups in total. The third-order valence-corrected chi connectivity index (χ3v) is 3.49. The number of aromatic nitrogens is 3. The highest BCUT2D eigenvalue weighted by molar-refractivity contribution is 5.02. The van der Waals surface area contributed by atoms with E-state index in [2.05, 4.69) is 21.7 Å². The summed E-state index contributed by atoms with van der Waals surface area (Å²) in [4.78, 5) is 0. The summed E-state index contributed by atoms with van der Waals surface area (Å²) in [5, 5.41) is 8.54. The molecule has 0 radical (unpaired) electrons. The van der Waals surface area contributed by atoms with Gasteiger partial charge < -0.3 is 10.3 Å². The third-order valence-electron chi connectivity index (χ3n) is 3.49. The van der Waals surface area contributed by atoms with Crippen molar-refractivity contribution in [2.75, 3.05) is 0 Å². The van der Waals surface area contributed by atoms with Crippen LogP contribution in [0, 0.1) is 6.92 Å². The first-order valence-electron chi connectivity index (χ1n) is 6.66. The van der Waals surface area contributed by atoms with E-state index in [1.807, 2.05) is 13.8 Å². The lowest BCUT2D eigenvalue weighted by molar-refractivity contribution is 0.334. The Kier molecular flexibility index (Phi) is 3.52. The maximum absolute atomic E-state index is 6.09. The molecule has 1 aromatic rings. The normalized spacial score (nSPS) is 18.6. The quantitative estimate of drug-likeness (QED) is 0.876. The molecule has 2 rings (SSSR count). The molecular weight excluding hydrogens is 212 g/mol. The lowest BCUT2D eigenvalue weighted by Crippen LogP contribution is -2.36. The van der Waals surface area contributed by atoms with Crippen LogP contribution in [0.5, 0.6) is 0 Å². The number of aryl methyl sites for hydroxylation is 1. The SMILES string of the molecule is Cc1nnc(CC(C)(C)N)n1C1CCCCC1. The van der Waals surface area contributed by atoms with Gasteiger partial charge in [-0.25, -0.2) is 0 Å². The summed E-state index contributed by atoms with van der Waals surface area (Å²) in [5.41, 5.74) is 5.88. The van der Waals surface area contributed by atoms with E-state index in [1.165, 1.54) is 32.1 Å². The van der Waals surface area contributed by atoms with Crippen molar-refractivity contribution in [3.63, 3.8) is 0 Å². The highest BCUT2D eigenvalue weighted by atomic mass is 15.3. The molecule has 1 aliphatic carbocycles. The molecule has 0 bridgehead atoms. The molecule has 1 aliphatic rings. The van der Waals surface area contributed by atoms with E-state index in [9.17, 15) is 0 Å². The second-order valence-corrected chi connectivity index (χ2v) is 5.99. The summed E-state index contributed by atoms with van der Waals surface area (Å²) in [5.74, 6) is 2.10. The van der Waals surface area contributed by atoms with Crippen LogP contribution < -0.4 is 5.73 Å². The van der Waals surface area contributed by atoms with Crippen LogP contribution in [0.15, 0.2) is 0 Å². The smallest absolute Gasteiger partial charge is 0.135 e. The van der Waals surface area contributed by atoms with E-state index in [0.29, 0.717) is 6.04 Å². The summed E-state index contributed by atoms with van der Waals surface area (Å²) in [7, 11) is 0. The van der Waals surface area contributed by atoms with Gasteiger partial charge in [0.15, 0.2) is 0 Å². The van der Waals surface area contributed by atoms with Crippen LogP contribution in [-0.2, 0) is 6.42 Å². The van der Waals surface area contributed by atoms with Gasteiger partial charge in [0.05, 0.1) is 0 Å². The van der Waals surface area contributed by atoms with E-state index >= 15 is 0 Å². The summed E-state index contributed by atoms with van der Waals surface area (Å²) in [6.07, 6.45) is 7.34. The molecule has 0 aliphatic heterocycles. The van der Waals surface area contributed by atoms with Crippen molar-refractivity contribution >= 4 is 0 Å². The predicted molar refractivity (Wildman–Crippen MR) is 68.9 cm³/mol. The second kappa shape index (κ2) is 4.77. The zero-order valence-electron chi connectivity index (χ0n) is 11.2. The molecule has 17 heavy (non-hydrogen) atoms. The molecule has 96 valence electrons. The Morgan fingerprint density at radius 3 is 2.47 bits per heavy atom. The van der Waals surface area contributed by atoms with Crippen LogP contribution >= 0.6 is 0 Å². The van der Waals surface area contributed by atoms with Gasteiger partial charge in [-0.1, -0.05) is 19.3 Å². The first-order valence-corrected chi connectivity index (χ1v) is 6.66. The van der Waals surface area contributed by atoms with Crippen molar-refractivity contribution < 1.29 is 0 Å². The molecule has 0 spiro atoms. The maximum Gasteiger partial charge on any atom is 0.135 e. The van der Waals surface area contributed by atoms with Crippen molar-refractivity contribution in [3.05, 3.63) is 11.6 Å². The van der Waals surface area contributed by atoms with E-state index in [1.54, 1.807) is 0 Å². The standard InChI is InChI=1S/C13H24N4/c1-10-15-16-12(9-13(2,3)14)17(10)11-7-5-4-6-8-11/h11H,4-9,14H2,1-3H3. The Morgan fingerprint density at radius 1 is 1.24 bits per heavy atom. The first-order chi connectivity index (χ1) is 7.97. The third kappa shape index (κ3) is 3.06. The molecular formula is C13H24N4. The fourth-order valence-electron chi connectivity index (χ4n) is 2.76. The van der Waals surface area contributed by atoms with Crippen LogP contribution in [0.1, 0.15) is 63.6 Å². The summed E-state index contributed by atoms with van der Waals surface area (Å²) in [6.45, 7) is 6.14. The average Bonchev–Trinajstić information content (AvgIpc) is 2.58. The summed E-state index contributed by atoms with van der Waals surface area (Å²) in [6, 6.07) is 0.594. The molecule has 4 heteroatoms. The molecule has 0 aromatic carbocycles. The predicted octanol–water partition coefficient (Wildman–Crippen LogP) is 2.37. The minimum Gasteiger partial charge on any atom is -0.325 e. The van der Waals surface area contributed by atoms with Gasteiger partial charge in [-0.3, -0.25) is 0 Å². The van der Waals surface area contributed by atoms with Crippen molar-refractivity contribution in [2.45, 2.75) is 70.9 Å². The average molecular weight is 236 g/mol. The highest BCUT2D eigenvalue weighted by Crippen LogP contribution is 2.30. The van der Waals surface area contributed by atoms with Crippen molar-refractivity contribution in [1.29, 1.82) is 0 Å². The Morgan fingerprint density at radius 2 is 1.88 bits per heavy atom. The van der Waals surface area contributed by atoms with Gasteiger partial charge in [0.25, 0.3) is 0 Å². The van der Waals surface area contributed by atoms with Crippen LogP contribution in [0.2, 0.25) is 0 Å². The lowest BCUT2D eigenvalue weighted by atomic mass is 9.94. The zero-order chi connectivity index (χ0) is 12.5. The molecule has 0 saturated heterocycles. The topological polar surface area (TPSA) is 56.7 Å². The summed E-state index contributed by atoms with van der Waals surface area (Å²) < 4.78 is 2.33. The largest absolute Gasteiger partial charge is 0.325 e. The molecule has 1 fully saturated rings. The fourth-order valence-corrected chi connectivity index (χ4v) is 2.76. The Hall–Kier alpha value is -0.900. The van der Waals surface area contributed by atoms with E-state index in [0.717, 1.165) is 18.1 Å². The van der Waals surface area contributed by atoms with Gasteiger partial charge in [-0.05, 0) is 33.6 Å².